The van der Waals surface area contributed by atoms with Crippen LogP contribution in [-0.4, -0.2) is 46.7 Å². The van der Waals surface area contributed by atoms with Gasteiger partial charge in [0.25, 0.3) is 5.91 Å². The van der Waals surface area contributed by atoms with Gasteiger partial charge < -0.3 is 20.7 Å². The largest absolute Gasteiger partial charge is 0.444 e. The van der Waals surface area contributed by atoms with Gasteiger partial charge in [-0.15, -0.1) is 0 Å². The Hall–Kier alpha value is -2.17. The molecule has 2 heterocycles. The zero-order chi connectivity index (χ0) is 20.5. The number of anilines is 1. The van der Waals surface area contributed by atoms with Crippen molar-refractivity contribution in [2.75, 3.05) is 18.0 Å². The normalized spacial score (nSPS) is 15.5. The Bertz CT molecular complexity index is 904. The van der Waals surface area contributed by atoms with Crippen LogP contribution in [0.1, 0.15) is 44.0 Å². The second-order valence-electron chi connectivity index (χ2n) is 7.82. The molecule has 1 aliphatic heterocycles. The lowest BCUT2D eigenvalue weighted by molar-refractivity contribution is 0.0497. The van der Waals surface area contributed by atoms with Gasteiger partial charge in [0.05, 0.1) is 11.1 Å². The molecule has 1 aliphatic rings. The molecule has 0 atom stereocenters. The lowest BCUT2D eigenvalue weighted by Crippen LogP contribution is -2.46. The average molecular weight is 497 g/mol. The van der Waals surface area contributed by atoms with Crippen LogP contribution >= 0.6 is 22.6 Å². The number of nitrogens with zero attached hydrogens (tertiary/aromatic N) is 3. The number of benzene rings is 1. The first kappa shape index (κ1) is 20.6. The van der Waals surface area contributed by atoms with E-state index in [1.54, 1.807) is 6.07 Å². The van der Waals surface area contributed by atoms with Gasteiger partial charge in [0.15, 0.2) is 0 Å². The highest BCUT2D eigenvalue weighted by molar-refractivity contribution is 14.1. The van der Waals surface area contributed by atoms with E-state index in [9.17, 15) is 9.59 Å². The maximum absolute atomic E-state index is 12.0. The van der Waals surface area contributed by atoms with Crippen LogP contribution in [0.2, 0.25) is 0 Å². The Kier molecular flexibility index (Phi) is 5.92. The third-order valence-electron chi connectivity index (χ3n) is 4.46. The number of rotatable bonds is 3. The van der Waals surface area contributed by atoms with Crippen molar-refractivity contribution in [3.8, 4) is 0 Å². The second-order valence-corrected chi connectivity index (χ2v) is 9.06. The summed E-state index contributed by atoms with van der Waals surface area (Å²) in [4.78, 5) is 34.6. The van der Waals surface area contributed by atoms with E-state index in [0.717, 1.165) is 40.7 Å². The van der Waals surface area contributed by atoms with Gasteiger partial charge >= 0.3 is 6.09 Å². The summed E-state index contributed by atoms with van der Waals surface area (Å²) in [7, 11) is 0. The number of amides is 2. The highest BCUT2D eigenvalue weighted by Gasteiger charge is 2.25. The van der Waals surface area contributed by atoms with Crippen LogP contribution in [0.3, 0.4) is 0 Å². The SMILES string of the molecule is CC(C)(C)OC(=O)NC1CCN(c2ncnc3c(C(N)=O)cc(I)cc23)CC1. The molecule has 3 rings (SSSR count). The van der Waals surface area contributed by atoms with E-state index < -0.39 is 11.5 Å². The molecule has 1 fully saturated rings. The molecule has 8 nitrogen and oxygen atoms in total. The summed E-state index contributed by atoms with van der Waals surface area (Å²) in [6.07, 6.45) is 2.62. The van der Waals surface area contributed by atoms with Gasteiger partial charge in [0.2, 0.25) is 0 Å². The van der Waals surface area contributed by atoms with Crippen molar-refractivity contribution >= 4 is 51.3 Å². The number of primary amides is 1. The first-order valence-electron chi connectivity index (χ1n) is 9.12. The van der Waals surface area contributed by atoms with E-state index in [-0.39, 0.29) is 12.1 Å². The number of aromatic nitrogens is 2. The van der Waals surface area contributed by atoms with Crippen LogP contribution in [0.25, 0.3) is 10.9 Å². The summed E-state index contributed by atoms with van der Waals surface area (Å²) in [5.74, 6) is 0.273. The second kappa shape index (κ2) is 8.06. The third kappa shape index (κ3) is 4.81. The van der Waals surface area contributed by atoms with Crippen LogP contribution < -0.4 is 16.0 Å². The number of carbonyl (C=O) groups excluding carboxylic acids is 2. The number of hydrogen-bond donors (Lipinski definition) is 2. The number of carbonyl (C=O) groups is 2. The lowest BCUT2D eigenvalue weighted by atomic mass is 10.0. The van der Waals surface area contributed by atoms with Crippen LogP contribution in [-0.2, 0) is 4.74 Å². The van der Waals surface area contributed by atoms with Gasteiger partial charge in [-0.3, -0.25) is 4.79 Å². The van der Waals surface area contributed by atoms with Crippen LogP contribution in [0.15, 0.2) is 18.5 Å². The number of nitrogens with two attached hydrogens (primary N) is 1. The summed E-state index contributed by atoms with van der Waals surface area (Å²) in [6.45, 7) is 6.99. The van der Waals surface area contributed by atoms with Crippen molar-refractivity contribution < 1.29 is 14.3 Å². The molecule has 0 bridgehead atoms. The highest BCUT2D eigenvalue weighted by Crippen LogP contribution is 2.29. The van der Waals surface area contributed by atoms with Crippen molar-refractivity contribution in [2.24, 2.45) is 5.73 Å². The summed E-state index contributed by atoms with van der Waals surface area (Å²) >= 11 is 2.16. The van der Waals surface area contributed by atoms with Crippen molar-refractivity contribution in [3.05, 3.63) is 27.6 Å². The molecule has 150 valence electrons. The summed E-state index contributed by atoms with van der Waals surface area (Å²) in [5.41, 5.74) is 5.96. The van der Waals surface area contributed by atoms with Crippen molar-refractivity contribution in [2.45, 2.75) is 45.3 Å². The molecule has 1 aromatic carbocycles. The molecule has 0 aliphatic carbocycles. The minimum atomic E-state index is -0.514. The maximum Gasteiger partial charge on any atom is 0.407 e. The fraction of sp³-hybridized carbons (Fsp3) is 0.474. The van der Waals surface area contributed by atoms with Gasteiger partial charge in [-0.25, -0.2) is 14.8 Å². The molecule has 0 saturated carbocycles. The first-order valence-corrected chi connectivity index (χ1v) is 10.2. The quantitative estimate of drug-likeness (QED) is 0.632. The van der Waals surface area contributed by atoms with Crippen molar-refractivity contribution in [1.29, 1.82) is 0 Å². The number of nitrogens with one attached hydrogen (secondary N) is 1. The van der Waals surface area contributed by atoms with Gasteiger partial charge in [-0.05, 0) is 68.3 Å². The number of fused-ring (bicyclic) bond motifs is 1. The Labute approximate surface area is 177 Å². The standard InChI is InChI=1S/C19H24IN5O3/c1-19(2,3)28-18(27)24-12-4-6-25(7-5-12)17-14-9-11(20)8-13(16(21)26)15(14)22-10-23-17/h8-10,12H,4-7H2,1-3H3,(H2,21,26)(H,24,27). The topological polar surface area (TPSA) is 110 Å². The summed E-state index contributed by atoms with van der Waals surface area (Å²) < 4.78 is 6.23. The summed E-state index contributed by atoms with van der Waals surface area (Å²) in [5, 5.41) is 3.74. The molecule has 9 heteroatoms. The number of ether oxygens (including phenoxy) is 1. The van der Waals surface area contributed by atoms with Gasteiger partial charge in [0, 0.05) is 28.1 Å². The first-order chi connectivity index (χ1) is 13.1. The maximum atomic E-state index is 12.0. The van der Waals surface area contributed by atoms with E-state index in [1.165, 1.54) is 6.33 Å². The Morgan fingerprint density at radius 3 is 2.54 bits per heavy atom. The fourth-order valence-corrected chi connectivity index (χ4v) is 3.89. The van der Waals surface area contributed by atoms with E-state index in [2.05, 4.69) is 42.8 Å². The molecule has 0 radical (unpaired) electrons. The zero-order valence-corrected chi connectivity index (χ0v) is 18.3. The van der Waals surface area contributed by atoms with Gasteiger partial charge in [-0.2, -0.15) is 0 Å². The predicted octanol–water partition coefficient (Wildman–Crippen LogP) is 2.83. The minimum Gasteiger partial charge on any atom is -0.444 e. The van der Waals surface area contributed by atoms with E-state index in [0.29, 0.717) is 11.1 Å². The monoisotopic (exact) mass is 497 g/mol. The number of hydrogen-bond acceptors (Lipinski definition) is 6. The molecule has 0 spiro atoms. The molecule has 0 unspecified atom stereocenters. The van der Waals surface area contributed by atoms with E-state index >= 15 is 0 Å². The predicted molar refractivity (Wildman–Crippen MR) is 115 cm³/mol. The molecule has 3 N–H and O–H groups in total. The van der Waals surface area contributed by atoms with Crippen molar-refractivity contribution in [3.63, 3.8) is 0 Å². The van der Waals surface area contributed by atoms with Crippen LogP contribution in [0.5, 0.6) is 0 Å². The van der Waals surface area contributed by atoms with E-state index in [1.807, 2.05) is 26.8 Å². The minimum absolute atomic E-state index is 0.0560. The average Bonchev–Trinajstić information content (AvgIpc) is 2.59. The Balaban J connectivity index is 1.75. The number of alkyl carbamates (subject to hydrolysis) is 1. The molecule has 2 amide bonds. The van der Waals surface area contributed by atoms with E-state index in [4.69, 9.17) is 10.5 Å². The van der Waals surface area contributed by atoms with Crippen molar-refractivity contribution in [1.82, 2.24) is 15.3 Å². The molecule has 28 heavy (non-hydrogen) atoms. The molecular formula is C19H24IN5O3. The fourth-order valence-electron chi connectivity index (χ4n) is 3.27. The highest BCUT2D eigenvalue weighted by atomic mass is 127. The lowest BCUT2D eigenvalue weighted by Gasteiger charge is -2.34. The summed E-state index contributed by atoms with van der Waals surface area (Å²) in [6, 6.07) is 3.75. The molecular weight excluding hydrogens is 473 g/mol. The molecule has 1 saturated heterocycles. The third-order valence-corrected chi connectivity index (χ3v) is 5.09. The Morgan fingerprint density at radius 1 is 1.25 bits per heavy atom. The Morgan fingerprint density at radius 2 is 1.93 bits per heavy atom. The zero-order valence-electron chi connectivity index (χ0n) is 16.2. The van der Waals surface area contributed by atoms with Crippen LogP contribution in [0.4, 0.5) is 10.6 Å². The smallest absolute Gasteiger partial charge is 0.407 e. The number of piperidine rings is 1. The molecule has 2 aromatic rings. The molecule has 1 aromatic heterocycles. The van der Waals surface area contributed by atoms with Crippen LogP contribution in [0, 0.1) is 3.57 Å². The van der Waals surface area contributed by atoms with Gasteiger partial charge in [-0.1, -0.05) is 0 Å². The number of halogens is 1. The van der Waals surface area contributed by atoms with Gasteiger partial charge in [0.1, 0.15) is 17.7 Å².